The van der Waals surface area contributed by atoms with Crippen LogP contribution in [-0.2, 0) is 9.84 Å². The molecule has 136 valence electrons. The smallest absolute Gasteiger partial charge is 0.257 e. The lowest BCUT2D eigenvalue weighted by Crippen LogP contribution is -2.17. The molecule has 1 aromatic carbocycles. The first kappa shape index (κ1) is 18.1. The molecule has 3 rings (SSSR count). The van der Waals surface area contributed by atoms with E-state index in [0.717, 1.165) is 11.0 Å². The summed E-state index contributed by atoms with van der Waals surface area (Å²) < 4.78 is 26.2. The van der Waals surface area contributed by atoms with Crippen molar-refractivity contribution in [2.45, 2.75) is 31.7 Å². The van der Waals surface area contributed by atoms with E-state index in [4.69, 9.17) is 0 Å². The number of benzene rings is 1. The van der Waals surface area contributed by atoms with Gasteiger partial charge in [0.15, 0.2) is 15.5 Å². The average Bonchev–Trinajstić information content (AvgIpc) is 3.05. The van der Waals surface area contributed by atoms with Crippen molar-refractivity contribution in [2.75, 3.05) is 11.1 Å². The summed E-state index contributed by atoms with van der Waals surface area (Å²) in [4.78, 5) is 17.0. The van der Waals surface area contributed by atoms with Crippen LogP contribution in [0.1, 0.15) is 37.2 Å². The number of carbonyl (C=O) groups excluding carboxylic acids is 1. The number of nitrogens with one attached hydrogen (secondary N) is 1. The zero-order valence-electron chi connectivity index (χ0n) is 14.8. The minimum atomic E-state index is -3.50. The van der Waals surface area contributed by atoms with Crippen LogP contribution in [0.2, 0.25) is 0 Å². The van der Waals surface area contributed by atoms with Crippen LogP contribution in [0.5, 0.6) is 0 Å². The van der Waals surface area contributed by atoms with E-state index in [-0.39, 0.29) is 22.3 Å². The number of rotatable bonds is 5. The molecule has 2 aromatic heterocycles. The lowest BCUT2D eigenvalue weighted by atomic mass is 10.2. The van der Waals surface area contributed by atoms with Crippen molar-refractivity contribution >= 4 is 32.5 Å². The lowest BCUT2D eigenvalue weighted by Gasteiger charge is -2.10. The van der Waals surface area contributed by atoms with Crippen molar-refractivity contribution in [2.24, 2.45) is 0 Å². The van der Waals surface area contributed by atoms with Crippen molar-refractivity contribution in [1.29, 1.82) is 0 Å². The highest BCUT2D eigenvalue weighted by atomic mass is 32.2. The fourth-order valence-corrected chi connectivity index (χ4v) is 3.76. The van der Waals surface area contributed by atoms with Crippen LogP contribution in [-0.4, -0.2) is 34.8 Å². The predicted octanol–water partition coefficient (Wildman–Crippen LogP) is 3.06. The molecule has 2 heterocycles. The minimum absolute atomic E-state index is 0.0293. The molecule has 0 radical (unpaired) electrons. The normalized spacial score (nSPS) is 11.8. The summed E-state index contributed by atoms with van der Waals surface area (Å²) in [6, 6.07) is 8.13. The minimum Gasteiger partial charge on any atom is -0.321 e. The Morgan fingerprint density at radius 1 is 1.23 bits per heavy atom. The quantitative estimate of drug-likeness (QED) is 0.743. The molecule has 0 aliphatic heterocycles. The summed E-state index contributed by atoms with van der Waals surface area (Å²) in [6.45, 7) is 5.57. The van der Waals surface area contributed by atoms with Gasteiger partial charge in [-0.05, 0) is 32.0 Å². The molecular weight excluding hydrogens is 352 g/mol. The molecule has 1 N–H and O–H groups in total. The summed E-state index contributed by atoms with van der Waals surface area (Å²) in [7, 11) is -3.50. The number of nitrogens with zero attached hydrogens (tertiary/aromatic N) is 3. The Kier molecular flexibility index (Phi) is 4.78. The highest BCUT2D eigenvalue weighted by Crippen LogP contribution is 2.21. The molecule has 0 fully saturated rings. The molecule has 1 amide bonds. The average molecular weight is 372 g/mol. The molecular formula is C18H20N4O3S. The number of hydrogen-bond acceptors (Lipinski definition) is 5. The Morgan fingerprint density at radius 2 is 1.96 bits per heavy atom. The fraction of sp³-hybridized carbons (Fsp3) is 0.278. The van der Waals surface area contributed by atoms with Crippen LogP contribution in [0.15, 0.2) is 47.6 Å². The number of sulfone groups is 1. The molecule has 0 aliphatic carbocycles. The van der Waals surface area contributed by atoms with E-state index in [1.54, 1.807) is 36.0 Å². The highest BCUT2D eigenvalue weighted by molar-refractivity contribution is 7.91. The van der Waals surface area contributed by atoms with Gasteiger partial charge in [0.2, 0.25) is 0 Å². The molecule has 7 nitrogen and oxygen atoms in total. The number of anilines is 1. The van der Waals surface area contributed by atoms with Gasteiger partial charge in [-0.3, -0.25) is 4.79 Å². The van der Waals surface area contributed by atoms with Gasteiger partial charge in [-0.1, -0.05) is 19.1 Å². The molecule has 0 atom stereocenters. The van der Waals surface area contributed by atoms with Crippen LogP contribution in [0.25, 0.3) is 11.0 Å². The number of carbonyl (C=O) groups is 1. The van der Waals surface area contributed by atoms with Gasteiger partial charge in [0.25, 0.3) is 5.91 Å². The maximum Gasteiger partial charge on any atom is 0.257 e. The summed E-state index contributed by atoms with van der Waals surface area (Å²) in [6.07, 6.45) is 3.23. The summed E-state index contributed by atoms with van der Waals surface area (Å²) in [5, 5.41) is 7.81. The van der Waals surface area contributed by atoms with Gasteiger partial charge in [0.05, 0.1) is 34.3 Å². The summed E-state index contributed by atoms with van der Waals surface area (Å²) >= 11 is 0. The molecule has 0 spiro atoms. The van der Waals surface area contributed by atoms with Gasteiger partial charge in [0, 0.05) is 11.4 Å². The van der Waals surface area contributed by atoms with Crippen LogP contribution >= 0.6 is 0 Å². The van der Waals surface area contributed by atoms with Gasteiger partial charge < -0.3 is 5.32 Å². The van der Waals surface area contributed by atoms with Crippen molar-refractivity contribution in [3.63, 3.8) is 0 Å². The van der Waals surface area contributed by atoms with Crippen molar-refractivity contribution in [3.05, 3.63) is 48.3 Å². The zero-order chi connectivity index (χ0) is 18.9. The topological polar surface area (TPSA) is 93.9 Å². The number of amides is 1. The third-order valence-corrected chi connectivity index (χ3v) is 5.81. The van der Waals surface area contributed by atoms with Crippen LogP contribution < -0.4 is 5.32 Å². The van der Waals surface area contributed by atoms with Gasteiger partial charge in [-0.25, -0.2) is 18.1 Å². The highest BCUT2D eigenvalue weighted by Gasteiger charge is 2.21. The maximum absolute atomic E-state index is 12.6. The predicted molar refractivity (Wildman–Crippen MR) is 100 cm³/mol. The monoisotopic (exact) mass is 372 g/mol. The second-order valence-corrected chi connectivity index (χ2v) is 8.42. The Morgan fingerprint density at radius 3 is 2.65 bits per heavy atom. The SMILES string of the molecule is CCS(=O)(=O)c1ccccc1C(=O)Nc1cnc2c(cnn2C(C)C)c1. The van der Waals surface area contributed by atoms with E-state index in [0.29, 0.717) is 5.69 Å². The van der Waals surface area contributed by atoms with Crippen LogP contribution in [0.3, 0.4) is 0 Å². The summed E-state index contributed by atoms with van der Waals surface area (Å²) in [5.41, 5.74) is 1.33. The Bertz CT molecular complexity index is 1070. The van der Waals surface area contributed by atoms with Gasteiger partial charge in [-0.15, -0.1) is 0 Å². The van der Waals surface area contributed by atoms with E-state index >= 15 is 0 Å². The first-order valence-corrected chi connectivity index (χ1v) is 9.95. The summed E-state index contributed by atoms with van der Waals surface area (Å²) in [5.74, 6) is -0.561. The molecule has 8 heteroatoms. The number of aromatic nitrogens is 3. The maximum atomic E-state index is 12.6. The first-order chi connectivity index (χ1) is 12.3. The molecule has 0 unspecified atom stereocenters. The van der Waals surface area contributed by atoms with E-state index in [2.05, 4.69) is 15.4 Å². The van der Waals surface area contributed by atoms with E-state index in [1.807, 2.05) is 13.8 Å². The Balaban J connectivity index is 1.93. The van der Waals surface area contributed by atoms with E-state index in [9.17, 15) is 13.2 Å². The van der Waals surface area contributed by atoms with E-state index < -0.39 is 15.7 Å². The van der Waals surface area contributed by atoms with E-state index in [1.165, 1.54) is 18.3 Å². The van der Waals surface area contributed by atoms with Gasteiger partial charge in [-0.2, -0.15) is 5.10 Å². The van der Waals surface area contributed by atoms with Crippen LogP contribution in [0, 0.1) is 0 Å². The number of pyridine rings is 1. The van der Waals surface area contributed by atoms with Crippen molar-refractivity contribution in [1.82, 2.24) is 14.8 Å². The number of hydrogen-bond donors (Lipinski definition) is 1. The molecule has 0 bridgehead atoms. The Hall–Kier alpha value is -2.74. The van der Waals surface area contributed by atoms with Gasteiger partial charge in [0.1, 0.15) is 0 Å². The standard InChI is InChI=1S/C18H20N4O3S/c1-4-26(24,25)16-8-6-5-7-15(16)18(23)21-14-9-13-10-20-22(12(2)3)17(13)19-11-14/h5-12H,4H2,1-3H3,(H,21,23). The zero-order valence-corrected chi connectivity index (χ0v) is 15.6. The third kappa shape index (κ3) is 3.32. The second-order valence-electron chi connectivity index (χ2n) is 6.17. The number of fused-ring (bicyclic) bond motifs is 1. The fourth-order valence-electron chi connectivity index (χ4n) is 2.67. The molecule has 26 heavy (non-hydrogen) atoms. The Labute approximate surface area is 152 Å². The molecule has 0 saturated heterocycles. The van der Waals surface area contributed by atoms with Crippen LogP contribution in [0.4, 0.5) is 5.69 Å². The second kappa shape index (κ2) is 6.87. The van der Waals surface area contributed by atoms with Crippen molar-refractivity contribution < 1.29 is 13.2 Å². The first-order valence-electron chi connectivity index (χ1n) is 8.30. The largest absolute Gasteiger partial charge is 0.321 e. The molecule has 0 aliphatic rings. The molecule has 0 saturated carbocycles. The molecule has 3 aromatic rings. The third-order valence-electron chi connectivity index (χ3n) is 4.03. The van der Waals surface area contributed by atoms with Gasteiger partial charge >= 0.3 is 0 Å². The van der Waals surface area contributed by atoms with Crippen molar-refractivity contribution in [3.8, 4) is 0 Å². The lowest BCUT2D eigenvalue weighted by molar-refractivity contribution is 0.102.